The molecular weight excluding hydrogens is 210 g/mol. The highest BCUT2D eigenvalue weighted by Crippen LogP contribution is 2.16. The van der Waals surface area contributed by atoms with Crippen molar-refractivity contribution in [2.75, 3.05) is 0 Å². The highest BCUT2D eigenvalue weighted by Gasteiger charge is 2.03. The molecule has 2 rings (SSSR count). The molecule has 2 aromatic rings. The molecule has 0 amide bonds. The molecule has 1 aromatic heterocycles. The second kappa shape index (κ2) is 4.47. The number of hydrogen-bond acceptors (Lipinski definition) is 2. The molecule has 0 aliphatic carbocycles. The summed E-state index contributed by atoms with van der Waals surface area (Å²) in [7, 11) is 0. The lowest BCUT2D eigenvalue weighted by molar-refractivity contribution is 0.740. The minimum atomic E-state index is 0.491. The van der Waals surface area contributed by atoms with Gasteiger partial charge < -0.3 is 10.3 Å². The highest BCUT2D eigenvalue weighted by atomic mass is 35.5. The topological polar surface area (TPSA) is 43.8 Å². The summed E-state index contributed by atoms with van der Waals surface area (Å²) in [5, 5.41) is 0.772. The van der Waals surface area contributed by atoms with E-state index in [2.05, 4.69) is 4.98 Å². The summed E-state index contributed by atoms with van der Waals surface area (Å²) in [6.07, 6.45) is 3.54. The number of benzene rings is 1. The third-order valence-corrected chi connectivity index (χ3v) is 2.67. The van der Waals surface area contributed by atoms with Crippen LogP contribution < -0.4 is 5.73 Å². The van der Waals surface area contributed by atoms with Gasteiger partial charge in [0.1, 0.15) is 0 Å². The van der Waals surface area contributed by atoms with Crippen molar-refractivity contribution < 1.29 is 0 Å². The second-order valence-electron chi connectivity index (χ2n) is 3.31. The number of nitrogens with two attached hydrogens (primary N) is 1. The van der Waals surface area contributed by atoms with Gasteiger partial charge in [-0.2, -0.15) is 0 Å². The zero-order valence-electron chi connectivity index (χ0n) is 8.23. The van der Waals surface area contributed by atoms with Crippen LogP contribution in [-0.4, -0.2) is 9.55 Å². The van der Waals surface area contributed by atoms with E-state index in [9.17, 15) is 0 Å². The fourth-order valence-electron chi connectivity index (χ4n) is 1.47. The molecule has 1 aromatic carbocycles. The highest BCUT2D eigenvalue weighted by molar-refractivity contribution is 6.31. The molecule has 0 spiro atoms. The molecule has 0 unspecified atom stereocenters. The predicted molar refractivity (Wildman–Crippen MR) is 60.7 cm³/mol. The van der Waals surface area contributed by atoms with E-state index in [-0.39, 0.29) is 0 Å². The number of aromatic nitrogens is 2. The maximum absolute atomic E-state index is 6.07. The summed E-state index contributed by atoms with van der Waals surface area (Å²) in [4.78, 5) is 4.06. The quantitative estimate of drug-likeness (QED) is 0.862. The first kappa shape index (κ1) is 10.2. The monoisotopic (exact) mass is 221 g/mol. The first-order valence-corrected chi connectivity index (χ1v) is 5.11. The Morgan fingerprint density at radius 3 is 2.87 bits per heavy atom. The van der Waals surface area contributed by atoms with Crippen LogP contribution in [0.15, 0.2) is 36.8 Å². The molecule has 0 bridgehead atoms. The van der Waals surface area contributed by atoms with Gasteiger partial charge in [0.15, 0.2) is 0 Å². The van der Waals surface area contributed by atoms with E-state index in [0.717, 1.165) is 16.3 Å². The fourth-order valence-corrected chi connectivity index (χ4v) is 1.67. The Labute approximate surface area is 93.5 Å². The first-order valence-electron chi connectivity index (χ1n) is 4.73. The van der Waals surface area contributed by atoms with Gasteiger partial charge in [-0.05, 0) is 11.6 Å². The normalized spacial score (nSPS) is 10.5. The summed E-state index contributed by atoms with van der Waals surface area (Å²) in [5.74, 6) is 0. The van der Waals surface area contributed by atoms with Gasteiger partial charge in [-0.3, -0.25) is 0 Å². The zero-order valence-corrected chi connectivity index (χ0v) is 8.98. The van der Waals surface area contributed by atoms with Crippen LogP contribution in [0.1, 0.15) is 11.3 Å². The van der Waals surface area contributed by atoms with Gasteiger partial charge in [0.25, 0.3) is 0 Å². The van der Waals surface area contributed by atoms with Crippen molar-refractivity contribution in [2.24, 2.45) is 5.73 Å². The van der Waals surface area contributed by atoms with Crippen LogP contribution in [0.25, 0.3) is 0 Å². The van der Waals surface area contributed by atoms with Crippen LogP contribution >= 0.6 is 11.6 Å². The van der Waals surface area contributed by atoms with Gasteiger partial charge in [-0.25, -0.2) is 4.98 Å². The molecule has 0 saturated carbocycles. The smallest absolute Gasteiger partial charge is 0.0951 e. The SMILES string of the molecule is NCc1cncn1Cc1ccccc1Cl. The largest absolute Gasteiger partial charge is 0.329 e. The maximum Gasteiger partial charge on any atom is 0.0951 e. The van der Waals surface area contributed by atoms with Crippen LogP contribution in [0.2, 0.25) is 5.02 Å². The molecule has 0 aliphatic rings. The molecule has 3 nitrogen and oxygen atoms in total. The zero-order chi connectivity index (χ0) is 10.7. The number of hydrogen-bond donors (Lipinski definition) is 1. The number of halogens is 1. The lowest BCUT2D eigenvalue weighted by atomic mass is 10.2. The summed E-state index contributed by atoms with van der Waals surface area (Å²) in [6, 6.07) is 7.78. The molecule has 0 radical (unpaired) electrons. The third-order valence-electron chi connectivity index (χ3n) is 2.31. The molecule has 15 heavy (non-hydrogen) atoms. The fraction of sp³-hybridized carbons (Fsp3) is 0.182. The Bertz CT molecular complexity index is 451. The van der Waals surface area contributed by atoms with E-state index in [0.29, 0.717) is 13.1 Å². The van der Waals surface area contributed by atoms with Gasteiger partial charge in [0, 0.05) is 17.8 Å². The molecule has 2 N–H and O–H groups in total. The van der Waals surface area contributed by atoms with Crippen LogP contribution in [0.5, 0.6) is 0 Å². The van der Waals surface area contributed by atoms with Crippen LogP contribution in [0.3, 0.4) is 0 Å². The predicted octanol–water partition coefficient (Wildman–Crippen LogP) is 2.04. The lowest BCUT2D eigenvalue weighted by Gasteiger charge is -2.07. The summed E-state index contributed by atoms with van der Waals surface area (Å²) in [5.41, 5.74) is 7.68. The van der Waals surface area contributed by atoms with Crippen molar-refractivity contribution in [2.45, 2.75) is 13.1 Å². The van der Waals surface area contributed by atoms with Crippen molar-refractivity contribution in [1.82, 2.24) is 9.55 Å². The van der Waals surface area contributed by atoms with Gasteiger partial charge in [-0.15, -0.1) is 0 Å². The summed E-state index contributed by atoms with van der Waals surface area (Å²) >= 11 is 6.07. The van der Waals surface area contributed by atoms with E-state index in [1.54, 1.807) is 12.5 Å². The van der Waals surface area contributed by atoms with Crippen molar-refractivity contribution in [3.05, 3.63) is 53.1 Å². The summed E-state index contributed by atoms with van der Waals surface area (Å²) in [6.45, 7) is 1.21. The standard InChI is InChI=1S/C11H12ClN3/c12-11-4-2-1-3-9(11)7-15-8-14-6-10(15)5-13/h1-4,6,8H,5,7,13H2. The van der Waals surface area contributed by atoms with Crippen molar-refractivity contribution in [1.29, 1.82) is 0 Å². The molecule has 78 valence electrons. The van der Waals surface area contributed by atoms with E-state index in [1.807, 2.05) is 28.8 Å². The van der Waals surface area contributed by atoms with Crippen molar-refractivity contribution >= 4 is 11.6 Å². The van der Waals surface area contributed by atoms with E-state index in [4.69, 9.17) is 17.3 Å². The van der Waals surface area contributed by atoms with E-state index < -0.39 is 0 Å². The Kier molecular flexibility index (Phi) is 3.04. The molecular formula is C11H12ClN3. The van der Waals surface area contributed by atoms with Crippen LogP contribution in [-0.2, 0) is 13.1 Å². The average molecular weight is 222 g/mol. The average Bonchev–Trinajstić information content (AvgIpc) is 2.69. The minimum Gasteiger partial charge on any atom is -0.329 e. The molecule has 4 heteroatoms. The Balaban J connectivity index is 2.26. The second-order valence-corrected chi connectivity index (χ2v) is 3.72. The van der Waals surface area contributed by atoms with E-state index >= 15 is 0 Å². The number of nitrogens with zero attached hydrogens (tertiary/aromatic N) is 2. The Morgan fingerprint density at radius 1 is 1.33 bits per heavy atom. The third kappa shape index (κ3) is 2.19. The number of rotatable bonds is 3. The van der Waals surface area contributed by atoms with Crippen molar-refractivity contribution in [3.8, 4) is 0 Å². The molecule has 0 fully saturated rings. The van der Waals surface area contributed by atoms with Gasteiger partial charge in [0.2, 0.25) is 0 Å². The molecule has 0 atom stereocenters. The molecule has 0 aliphatic heterocycles. The van der Waals surface area contributed by atoms with Crippen LogP contribution in [0, 0.1) is 0 Å². The minimum absolute atomic E-state index is 0.491. The first-order chi connectivity index (χ1) is 7.31. The van der Waals surface area contributed by atoms with Crippen LogP contribution in [0.4, 0.5) is 0 Å². The van der Waals surface area contributed by atoms with Gasteiger partial charge in [-0.1, -0.05) is 29.8 Å². The Morgan fingerprint density at radius 2 is 2.13 bits per heavy atom. The maximum atomic E-state index is 6.07. The van der Waals surface area contributed by atoms with Gasteiger partial charge >= 0.3 is 0 Å². The van der Waals surface area contributed by atoms with E-state index in [1.165, 1.54) is 0 Å². The lowest BCUT2D eigenvalue weighted by Crippen LogP contribution is -2.07. The molecule has 0 saturated heterocycles. The van der Waals surface area contributed by atoms with Crippen molar-refractivity contribution in [3.63, 3.8) is 0 Å². The summed E-state index contributed by atoms with van der Waals surface area (Å²) < 4.78 is 2.00. The molecule has 1 heterocycles. The Hall–Kier alpha value is -1.32. The van der Waals surface area contributed by atoms with Gasteiger partial charge in [0.05, 0.1) is 18.6 Å². The number of imidazole rings is 1.